The molecule has 1 unspecified atom stereocenters. The first-order valence-corrected chi connectivity index (χ1v) is 4.14. The highest BCUT2D eigenvalue weighted by Gasteiger charge is 2.15. The van der Waals surface area contributed by atoms with Gasteiger partial charge in [-0.3, -0.25) is 0 Å². The molecule has 6 nitrogen and oxygen atoms in total. The van der Waals surface area contributed by atoms with Gasteiger partial charge in [0.05, 0.1) is 6.04 Å². The predicted molar refractivity (Wildman–Crippen MR) is 48.3 cm³/mol. The maximum Gasteiger partial charge on any atom is 0.405 e. The Hall–Kier alpha value is -1.72. The molecule has 1 aromatic heterocycles. The van der Waals surface area contributed by atoms with Crippen molar-refractivity contribution in [2.45, 2.75) is 18.9 Å². The summed E-state index contributed by atoms with van der Waals surface area (Å²) in [4.78, 5) is 21.9. The Labute approximate surface area is 81.4 Å². The van der Waals surface area contributed by atoms with Crippen LogP contribution in [0.25, 0.3) is 0 Å². The lowest BCUT2D eigenvalue weighted by Gasteiger charge is -2.13. The van der Waals surface area contributed by atoms with E-state index in [2.05, 4.69) is 27.2 Å². The molecule has 1 heterocycles. The maximum atomic E-state index is 10.5. The van der Waals surface area contributed by atoms with Gasteiger partial charge in [-0.15, -0.1) is 0 Å². The molecule has 0 bridgehead atoms. The van der Waals surface area contributed by atoms with Gasteiger partial charge in [0.1, 0.15) is 12.7 Å². The second kappa shape index (κ2) is 5.11. The van der Waals surface area contributed by atoms with E-state index in [0.717, 1.165) is 0 Å². The van der Waals surface area contributed by atoms with Crippen LogP contribution in [-0.2, 0) is 0 Å². The first-order chi connectivity index (χ1) is 6.74. The minimum absolute atomic E-state index is 0.409. The number of hydrogen-bond donors (Lipinski definition) is 2. The molecule has 1 rings (SSSR count). The Morgan fingerprint density at radius 1 is 1.57 bits per heavy atom. The van der Waals surface area contributed by atoms with E-state index in [1.54, 1.807) is 0 Å². The Bertz CT molecular complexity index is 291. The van der Waals surface area contributed by atoms with Crippen molar-refractivity contribution in [2.75, 3.05) is 0 Å². The molecule has 6 heteroatoms. The third kappa shape index (κ3) is 2.96. The lowest BCUT2D eigenvalue weighted by atomic mass is 10.1. The van der Waals surface area contributed by atoms with Gasteiger partial charge in [-0.2, -0.15) is 0 Å². The van der Waals surface area contributed by atoms with E-state index in [0.29, 0.717) is 18.7 Å². The van der Waals surface area contributed by atoms with Crippen molar-refractivity contribution in [3.8, 4) is 0 Å². The second-order valence-electron chi connectivity index (χ2n) is 2.64. The SMILES string of the molecule is [CH2]CCC(NC(=O)O)c1ncncn1. The fraction of sp³-hybridized carbons (Fsp3) is 0.375. The fourth-order valence-electron chi connectivity index (χ4n) is 1.05. The fourth-order valence-corrected chi connectivity index (χ4v) is 1.05. The summed E-state index contributed by atoms with van der Waals surface area (Å²) in [5.41, 5.74) is 0. The summed E-state index contributed by atoms with van der Waals surface area (Å²) in [6.07, 6.45) is 2.75. The van der Waals surface area contributed by atoms with Crippen LogP contribution in [0, 0.1) is 6.92 Å². The highest BCUT2D eigenvalue weighted by atomic mass is 16.4. The van der Waals surface area contributed by atoms with Crippen LogP contribution in [0.4, 0.5) is 4.79 Å². The first kappa shape index (κ1) is 10.4. The number of rotatable bonds is 4. The highest BCUT2D eigenvalue weighted by molar-refractivity contribution is 5.64. The minimum Gasteiger partial charge on any atom is -0.465 e. The Morgan fingerprint density at radius 2 is 2.21 bits per heavy atom. The first-order valence-electron chi connectivity index (χ1n) is 4.14. The third-order valence-electron chi connectivity index (χ3n) is 1.62. The molecule has 2 N–H and O–H groups in total. The van der Waals surface area contributed by atoms with Crippen molar-refractivity contribution >= 4 is 6.09 Å². The van der Waals surface area contributed by atoms with Crippen LogP contribution in [0.15, 0.2) is 12.7 Å². The van der Waals surface area contributed by atoms with E-state index in [1.165, 1.54) is 12.7 Å². The normalized spacial score (nSPS) is 12.1. The zero-order chi connectivity index (χ0) is 10.4. The molecule has 1 amide bonds. The van der Waals surface area contributed by atoms with E-state index < -0.39 is 12.1 Å². The van der Waals surface area contributed by atoms with Crippen molar-refractivity contribution in [1.29, 1.82) is 0 Å². The molecule has 1 radical (unpaired) electrons. The largest absolute Gasteiger partial charge is 0.465 e. The van der Waals surface area contributed by atoms with Gasteiger partial charge in [0.15, 0.2) is 5.82 Å². The monoisotopic (exact) mass is 195 g/mol. The molecule has 0 fully saturated rings. The van der Waals surface area contributed by atoms with Crippen molar-refractivity contribution in [3.05, 3.63) is 25.4 Å². The number of carbonyl (C=O) groups is 1. The topological polar surface area (TPSA) is 88.0 Å². The molecule has 0 aliphatic carbocycles. The number of carboxylic acid groups (broad SMARTS) is 1. The van der Waals surface area contributed by atoms with E-state index in [1.807, 2.05) is 0 Å². The van der Waals surface area contributed by atoms with Crippen LogP contribution in [0.2, 0.25) is 0 Å². The summed E-state index contributed by atoms with van der Waals surface area (Å²) in [5.74, 6) is 0.422. The summed E-state index contributed by atoms with van der Waals surface area (Å²) in [5, 5.41) is 10.9. The molecule has 1 atom stereocenters. The average molecular weight is 195 g/mol. The summed E-state index contributed by atoms with van der Waals surface area (Å²) in [6.45, 7) is 3.65. The minimum atomic E-state index is -1.09. The molecule has 0 spiro atoms. The molecule has 14 heavy (non-hydrogen) atoms. The van der Waals surface area contributed by atoms with Crippen LogP contribution in [0.5, 0.6) is 0 Å². The molecule has 0 aliphatic heterocycles. The van der Waals surface area contributed by atoms with Gasteiger partial charge in [-0.25, -0.2) is 19.7 Å². The molecular formula is C8H11N4O2. The standard InChI is InChI=1S/C8H11N4O2/c1-2-3-6(12-8(13)14)7-10-4-9-5-11-7/h4-6,12H,1-3H2,(H,13,14). The summed E-state index contributed by atoms with van der Waals surface area (Å²) < 4.78 is 0. The van der Waals surface area contributed by atoms with Crippen molar-refractivity contribution in [1.82, 2.24) is 20.3 Å². The van der Waals surface area contributed by atoms with E-state index >= 15 is 0 Å². The lowest BCUT2D eigenvalue weighted by Crippen LogP contribution is -2.28. The molecule has 1 aromatic rings. The van der Waals surface area contributed by atoms with Crippen LogP contribution in [0.3, 0.4) is 0 Å². The average Bonchev–Trinajstić information content (AvgIpc) is 2.18. The zero-order valence-electron chi connectivity index (χ0n) is 7.55. The lowest BCUT2D eigenvalue weighted by molar-refractivity contribution is 0.188. The van der Waals surface area contributed by atoms with Gasteiger partial charge >= 0.3 is 6.09 Å². The second-order valence-corrected chi connectivity index (χ2v) is 2.64. The molecule has 75 valence electrons. The van der Waals surface area contributed by atoms with Crippen molar-refractivity contribution in [3.63, 3.8) is 0 Å². The number of hydrogen-bond acceptors (Lipinski definition) is 4. The summed E-state index contributed by atoms with van der Waals surface area (Å²) in [6, 6.07) is -0.409. The van der Waals surface area contributed by atoms with Crippen LogP contribution in [-0.4, -0.2) is 26.2 Å². The molecular weight excluding hydrogens is 184 g/mol. The number of nitrogens with zero attached hydrogens (tertiary/aromatic N) is 3. The van der Waals surface area contributed by atoms with Gasteiger partial charge < -0.3 is 10.4 Å². The molecule has 0 aromatic carbocycles. The van der Waals surface area contributed by atoms with Gasteiger partial charge in [0, 0.05) is 0 Å². The highest BCUT2D eigenvalue weighted by Crippen LogP contribution is 2.12. The molecule has 0 aliphatic rings. The van der Waals surface area contributed by atoms with E-state index in [9.17, 15) is 4.79 Å². The van der Waals surface area contributed by atoms with Crippen LogP contribution in [0.1, 0.15) is 24.7 Å². The third-order valence-corrected chi connectivity index (χ3v) is 1.62. The Balaban J connectivity index is 2.72. The summed E-state index contributed by atoms with van der Waals surface area (Å²) in [7, 11) is 0. The van der Waals surface area contributed by atoms with Gasteiger partial charge in [-0.1, -0.05) is 13.3 Å². The van der Waals surface area contributed by atoms with Gasteiger partial charge in [0.25, 0.3) is 0 Å². The van der Waals surface area contributed by atoms with Gasteiger partial charge in [-0.05, 0) is 6.42 Å². The number of amides is 1. The van der Waals surface area contributed by atoms with Crippen LogP contribution >= 0.6 is 0 Å². The Morgan fingerprint density at radius 3 is 2.71 bits per heavy atom. The van der Waals surface area contributed by atoms with Crippen molar-refractivity contribution < 1.29 is 9.90 Å². The number of aromatic nitrogens is 3. The smallest absolute Gasteiger partial charge is 0.405 e. The van der Waals surface area contributed by atoms with Crippen molar-refractivity contribution in [2.24, 2.45) is 0 Å². The van der Waals surface area contributed by atoms with Gasteiger partial charge in [0.2, 0.25) is 0 Å². The molecule has 0 saturated heterocycles. The summed E-state index contributed by atoms with van der Waals surface area (Å²) >= 11 is 0. The van der Waals surface area contributed by atoms with Crippen LogP contribution < -0.4 is 5.32 Å². The Kier molecular flexibility index (Phi) is 3.78. The predicted octanol–water partition coefficient (Wildman–Crippen LogP) is 0.795. The van der Waals surface area contributed by atoms with E-state index in [-0.39, 0.29) is 0 Å². The number of nitrogens with one attached hydrogen (secondary N) is 1. The zero-order valence-corrected chi connectivity index (χ0v) is 7.55. The quantitative estimate of drug-likeness (QED) is 0.741. The van der Waals surface area contributed by atoms with E-state index in [4.69, 9.17) is 5.11 Å². The maximum absolute atomic E-state index is 10.5. The molecule has 0 saturated carbocycles.